The number of fused-ring (bicyclic) bond motifs is 1. The normalized spacial score (nSPS) is 12.3. The summed E-state index contributed by atoms with van der Waals surface area (Å²) in [5, 5.41) is 1.06. The minimum Gasteiger partial charge on any atom is -0.350 e. The van der Waals surface area contributed by atoms with E-state index < -0.39 is 5.92 Å². The topological polar surface area (TPSA) is 30.9 Å². The van der Waals surface area contributed by atoms with Crippen molar-refractivity contribution in [3.05, 3.63) is 35.0 Å². The van der Waals surface area contributed by atoms with Gasteiger partial charge in [0.2, 0.25) is 0 Å². The van der Waals surface area contributed by atoms with Gasteiger partial charge in [0.05, 0.1) is 0 Å². The molecule has 2 nitrogen and oxygen atoms in total. The summed E-state index contributed by atoms with van der Waals surface area (Å²) in [7, 11) is 1.72. The van der Waals surface area contributed by atoms with E-state index in [0.29, 0.717) is 15.9 Å². The predicted molar refractivity (Wildman–Crippen MR) is 65.5 cm³/mol. The highest BCUT2D eigenvalue weighted by atomic mass is 35.5. The molecule has 0 fully saturated rings. The Bertz CT molecular complexity index is 549. The van der Waals surface area contributed by atoms with Crippen LogP contribution in [0.5, 0.6) is 0 Å². The van der Waals surface area contributed by atoms with Crippen LogP contribution in [-0.4, -0.2) is 11.1 Å². The van der Waals surface area contributed by atoms with Crippen molar-refractivity contribution in [1.82, 2.24) is 4.57 Å². The van der Waals surface area contributed by atoms with E-state index in [1.807, 2.05) is 0 Å². The van der Waals surface area contributed by atoms with Gasteiger partial charge in [-0.05, 0) is 18.7 Å². The molecule has 1 heterocycles. The fourth-order valence-corrected chi connectivity index (χ4v) is 2.13. The van der Waals surface area contributed by atoms with Crippen molar-refractivity contribution in [3.8, 4) is 0 Å². The minimum absolute atomic E-state index is 0.0112. The maximum absolute atomic E-state index is 13.9. The quantitative estimate of drug-likeness (QED) is 0.900. The van der Waals surface area contributed by atoms with Crippen LogP contribution in [0.15, 0.2) is 24.4 Å². The van der Waals surface area contributed by atoms with E-state index >= 15 is 0 Å². The first kappa shape index (κ1) is 12.3. The van der Waals surface area contributed by atoms with E-state index in [4.69, 9.17) is 17.3 Å². The summed E-state index contributed by atoms with van der Waals surface area (Å²) >= 11 is 5.85. The van der Waals surface area contributed by atoms with Crippen LogP contribution >= 0.6 is 11.6 Å². The summed E-state index contributed by atoms with van der Waals surface area (Å²) in [6.45, 7) is -0.0447. The first-order chi connectivity index (χ1) is 7.95. The molecule has 0 saturated carbocycles. The lowest BCUT2D eigenvalue weighted by atomic mass is 10.0. The number of rotatable bonds is 3. The maximum Gasteiger partial charge on any atom is 0.276 e. The zero-order valence-corrected chi connectivity index (χ0v) is 10.1. The van der Waals surface area contributed by atoms with Gasteiger partial charge in [0, 0.05) is 41.2 Å². The van der Waals surface area contributed by atoms with E-state index in [0.717, 1.165) is 0 Å². The van der Waals surface area contributed by atoms with Gasteiger partial charge in [-0.2, -0.15) is 0 Å². The van der Waals surface area contributed by atoms with Crippen LogP contribution in [0, 0.1) is 0 Å². The number of halogens is 3. The Morgan fingerprint density at radius 3 is 2.76 bits per heavy atom. The van der Waals surface area contributed by atoms with Crippen molar-refractivity contribution in [2.24, 2.45) is 12.8 Å². The molecule has 0 amide bonds. The zero-order chi connectivity index (χ0) is 12.6. The van der Waals surface area contributed by atoms with Gasteiger partial charge in [-0.15, -0.1) is 0 Å². The van der Waals surface area contributed by atoms with E-state index in [9.17, 15) is 8.78 Å². The number of hydrogen-bond acceptors (Lipinski definition) is 1. The number of nitrogens with zero attached hydrogens (tertiary/aromatic N) is 1. The molecule has 0 bridgehead atoms. The highest BCUT2D eigenvalue weighted by Crippen LogP contribution is 2.37. The summed E-state index contributed by atoms with van der Waals surface area (Å²) < 4.78 is 29.4. The van der Waals surface area contributed by atoms with Crippen LogP contribution in [0.25, 0.3) is 10.9 Å². The van der Waals surface area contributed by atoms with Crippen molar-refractivity contribution in [2.45, 2.75) is 12.3 Å². The Kier molecular flexibility index (Phi) is 3.10. The van der Waals surface area contributed by atoms with Gasteiger partial charge >= 0.3 is 0 Å². The Morgan fingerprint density at radius 2 is 2.12 bits per heavy atom. The molecule has 17 heavy (non-hydrogen) atoms. The largest absolute Gasteiger partial charge is 0.350 e. The SMILES string of the molecule is Cn1cc(C(F)(F)CCN)c2ccc(Cl)cc21. The molecule has 5 heteroatoms. The Balaban J connectivity index is 2.63. The third kappa shape index (κ3) is 2.15. The number of aryl methyl sites for hydroxylation is 1. The summed E-state index contributed by atoms with van der Waals surface area (Å²) in [5.41, 5.74) is 5.93. The number of benzene rings is 1. The van der Waals surface area contributed by atoms with Crippen LogP contribution in [-0.2, 0) is 13.0 Å². The maximum atomic E-state index is 13.9. The second-order valence-corrected chi connectivity index (χ2v) is 4.49. The van der Waals surface area contributed by atoms with Crippen LogP contribution in [0.1, 0.15) is 12.0 Å². The second-order valence-electron chi connectivity index (χ2n) is 4.06. The molecule has 2 N–H and O–H groups in total. The Morgan fingerprint density at radius 1 is 1.41 bits per heavy atom. The van der Waals surface area contributed by atoms with Crippen LogP contribution in [0.3, 0.4) is 0 Å². The van der Waals surface area contributed by atoms with E-state index in [1.165, 1.54) is 6.20 Å². The van der Waals surface area contributed by atoms with Gasteiger partial charge in [-0.1, -0.05) is 17.7 Å². The van der Waals surface area contributed by atoms with Gasteiger partial charge in [-0.25, -0.2) is 8.78 Å². The van der Waals surface area contributed by atoms with Crippen molar-refractivity contribution in [3.63, 3.8) is 0 Å². The molecule has 0 aliphatic rings. The molecule has 0 saturated heterocycles. The molecule has 0 radical (unpaired) electrons. The molecule has 0 spiro atoms. The number of aromatic nitrogens is 1. The first-order valence-corrected chi connectivity index (χ1v) is 5.66. The van der Waals surface area contributed by atoms with Gasteiger partial charge in [0.15, 0.2) is 0 Å². The number of nitrogens with two attached hydrogens (primary N) is 1. The standard InChI is InChI=1S/C12H13ClF2N2/c1-17-7-10(12(14,15)4-5-16)9-3-2-8(13)6-11(9)17/h2-3,6-7H,4-5,16H2,1H3. The molecule has 2 aromatic rings. The Hall–Kier alpha value is -1.13. The van der Waals surface area contributed by atoms with Crippen LogP contribution in [0.4, 0.5) is 8.78 Å². The highest BCUT2D eigenvalue weighted by molar-refractivity contribution is 6.31. The molecule has 0 unspecified atom stereocenters. The van der Waals surface area contributed by atoms with E-state index in [2.05, 4.69) is 0 Å². The molecule has 0 atom stereocenters. The molecule has 1 aromatic carbocycles. The lowest BCUT2D eigenvalue weighted by molar-refractivity contribution is -0.00927. The molecule has 1 aromatic heterocycles. The molecule has 2 rings (SSSR count). The highest BCUT2D eigenvalue weighted by Gasteiger charge is 2.33. The average Bonchev–Trinajstić information content (AvgIpc) is 2.57. The fraction of sp³-hybridized carbons (Fsp3) is 0.333. The molecular weight excluding hydrogens is 246 g/mol. The summed E-state index contributed by atoms with van der Waals surface area (Å²) in [6.07, 6.45) is 1.09. The number of alkyl halides is 2. The lowest BCUT2D eigenvalue weighted by Gasteiger charge is -2.14. The van der Waals surface area contributed by atoms with Crippen molar-refractivity contribution in [2.75, 3.05) is 6.54 Å². The summed E-state index contributed by atoms with van der Waals surface area (Å²) in [5.74, 6) is -2.90. The zero-order valence-electron chi connectivity index (χ0n) is 9.38. The van der Waals surface area contributed by atoms with Gasteiger partial charge in [0.25, 0.3) is 5.92 Å². The van der Waals surface area contributed by atoms with E-state index in [1.54, 1.807) is 29.8 Å². The summed E-state index contributed by atoms with van der Waals surface area (Å²) in [6, 6.07) is 4.92. The monoisotopic (exact) mass is 258 g/mol. The molecule has 0 aliphatic carbocycles. The molecule has 0 aliphatic heterocycles. The van der Waals surface area contributed by atoms with Crippen LogP contribution < -0.4 is 5.73 Å². The van der Waals surface area contributed by atoms with Crippen molar-refractivity contribution < 1.29 is 8.78 Å². The van der Waals surface area contributed by atoms with Crippen LogP contribution in [0.2, 0.25) is 5.02 Å². The minimum atomic E-state index is -2.90. The van der Waals surface area contributed by atoms with Gasteiger partial charge in [-0.3, -0.25) is 0 Å². The second kappa shape index (κ2) is 4.27. The predicted octanol–water partition coefficient (Wildman–Crippen LogP) is 3.27. The Labute approximate surface area is 103 Å². The first-order valence-electron chi connectivity index (χ1n) is 5.28. The molecule has 92 valence electrons. The van der Waals surface area contributed by atoms with Crippen molar-refractivity contribution >= 4 is 22.5 Å². The number of hydrogen-bond donors (Lipinski definition) is 1. The van der Waals surface area contributed by atoms with Crippen molar-refractivity contribution in [1.29, 1.82) is 0 Å². The summed E-state index contributed by atoms with van der Waals surface area (Å²) in [4.78, 5) is 0. The van der Waals surface area contributed by atoms with Gasteiger partial charge in [0.1, 0.15) is 0 Å². The lowest BCUT2D eigenvalue weighted by Crippen LogP contribution is -2.18. The third-order valence-corrected chi connectivity index (χ3v) is 3.04. The fourth-order valence-electron chi connectivity index (χ4n) is 1.96. The molecular formula is C12H13ClF2N2. The smallest absolute Gasteiger partial charge is 0.276 e. The third-order valence-electron chi connectivity index (χ3n) is 2.81. The average molecular weight is 259 g/mol. The van der Waals surface area contributed by atoms with Gasteiger partial charge < -0.3 is 10.3 Å². The van der Waals surface area contributed by atoms with E-state index in [-0.39, 0.29) is 18.5 Å².